The van der Waals surface area contributed by atoms with Crippen LogP contribution in [0.4, 0.5) is 0 Å². The van der Waals surface area contributed by atoms with E-state index in [9.17, 15) is 9.90 Å². The van der Waals surface area contributed by atoms with Crippen LogP contribution in [0.3, 0.4) is 0 Å². The summed E-state index contributed by atoms with van der Waals surface area (Å²) in [5, 5.41) is 11.4. The van der Waals surface area contributed by atoms with Gasteiger partial charge in [-0.05, 0) is 42.7 Å². The molecule has 4 aromatic rings. The van der Waals surface area contributed by atoms with Gasteiger partial charge < -0.3 is 28.8 Å². The van der Waals surface area contributed by atoms with E-state index in [1.54, 1.807) is 12.1 Å². The van der Waals surface area contributed by atoms with Crippen molar-refractivity contribution in [3.8, 4) is 11.5 Å². The molecule has 0 amide bonds. The van der Waals surface area contributed by atoms with Crippen LogP contribution in [0.2, 0.25) is 0 Å². The van der Waals surface area contributed by atoms with E-state index in [2.05, 4.69) is 0 Å². The van der Waals surface area contributed by atoms with Crippen LogP contribution >= 0.6 is 0 Å². The molecule has 0 aliphatic carbocycles. The Morgan fingerprint density at radius 1 is 0.698 bits per heavy atom. The number of aromatic hydroxyl groups is 1. The molecule has 0 unspecified atom stereocenters. The van der Waals surface area contributed by atoms with E-state index in [1.165, 1.54) is 14.0 Å². The van der Waals surface area contributed by atoms with Crippen LogP contribution < -0.4 is 4.74 Å². The normalized spacial score (nSPS) is 21.8. The predicted octanol–water partition coefficient (Wildman–Crippen LogP) is 6.82. The van der Waals surface area contributed by atoms with Crippen molar-refractivity contribution in [2.24, 2.45) is 0 Å². The summed E-state index contributed by atoms with van der Waals surface area (Å²) in [6.45, 7) is 4.31. The van der Waals surface area contributed by atoms with Crippen molar-refractivity contribution in [1.29, 1.82) is 0 Å². The number of phenols is 1. The number of hydrogen-bond donors (Lipinski definition) is 1. The monoisotopic (exact) mass is 582 g/mol. The Morgan fingerprint density at radius 3 is 1.63 bits per heavy atom. The molecule has 0 radical (unpaired) electrons. The van der Waals surface area contributed by atoms with Crippen LogP contribution in [-0.2, 0) is 38.8 Å². The van der Waals surface area contributed by atoms with Gasteiger partial charge in [0, 0.05) is 5.56 Å². The lowest BCUT2D eigenvalue weighted by Crippen LogP contribution is -2.56. The molecule has 1 aliphatic heterocycles. The molecule has 1 fully saturated rings. The number of ether oxygens (including phenoxy) is 5. The van der Waals surface area contributed by atoms with Gasteiger partial charge in [0.15, 0.2) is 5.78 Å². The predicted molar refractivity (Wildman–Crippen MR) is 163 cm³/mol. The molecular weight excluding hydrogens is 544 g/mol. The second kappa shape index (κ2) is 14.4. The van der Waals surface area contributed by atoms with Crippen molar-refractivity contribution in [2.75, 3.05) is 7.11 Å². The molecule has 43 heavy (non-hydrogen) atoms. The lowest BCUT2D eigenvalue weighted by Gasteiger charge is -2.45. The SMILES string of the molecule is COc1ccc([C@@H]2O[C@@H](C)[C@@H](OCc3ccccc3)[C@@H](OCc3ccccc3)[C@@H]2OCc2ccccc2)c(O)c1C(C)=O. The third-order valence-corrected chi connectivity index (χ3v) is 7.68. The highest BCUT2D eigenvalue weighted by Crippen LogP contribution is 2.44. The molecule has 1 heterocycles. The smallest absolute Gasteiger partial charge is 0.167 e. The number of methoxy groups -OCH3 is 1. The van der Waals surface area contributed by atoms with E-state index >= 15 is 0 Å². The highest BCUT2D eigenvalue weighted by atomic mass is 16.6. The van der Waals surface area contributed by atoms with E-state index < -0.39 is 30.5 Å². The van der Waals surface area contributed by atoms with Gasteiger partial charge in [-0.25, -0.2) is 0 Å². The molecule has 0 aromatic heterocycles. The van der Waals surface area contributed by atoms with Gasteiger partial charge in [-0.15, -0.1) is 0 Å². The third kappa shape index (κ3) is 7.32. The standard InChI is InChI=1S/C36H38O7/c1-24(37)31-30(39-3)20-19-29(32(31)38)34-36(42-23-28-17-11-6-12-18-28)35(41-22-27-15-9-5-10-16-27)33(25(2)43-34)40-21-26-13-7-4-8-14-26/h4-20,25,33-36,38H,21-23H2,1-3H3/t25-,33+,34-,35+,36+/m0/s1. The first-order valence-electron chi connectivity index (χ1n) is 14.5. The Bertz CT molecular complexity index is 1460. The van der Waals surface area contributed by atoms with E-state index in [-0.39, 0.29) is 23.7 Å². The fraction of sp³-hybridized carbons (Fsp3) is 0.306. The van der Waals surface area contributed by atoms with Crippen LogP contribution in [0.1, 0.15) is 52.6 Å². The molecule has 7 nitrogen and oxygen atoms in total. The first-order valence-corrected chi connectivity index (χ1v) is 14.5. The fourth-order valence-electron chi connectivity index (χ4n) is 5.49. The largest absolute Gasteiger partial charge is 0.507 e. The van der Waals surface area contributed by atoms with E-state index in [0.717, 1.165) is 16.7 Å². The van der Waals surface area contributed by atoms with Gasteiger partial charge in [0.2, 0.25) is 0 Å². The first kappa shape index (κ1) is 30.4. The highest BCUT2D eigenvalue weighted by molar-refractivity contribution is 6.00. The summed E-state index contributed by atoms with van der Waals surface area (Å²) >= 11 is 0. The van der Waals surface area contributed by atoms with Crippen molar-refractivity contribution >= 4 is 5.78 Å². The van der Waals surface area contributed by atoms with Crippen molar-refractivity contribution in [1.82, 2.24) is 0 Å². The lowest BCUT2D eigenvalue weighted by atomic mass is 9.89. The van der Waals surface area contributed by atoms with E-state index in [0.29, 0.717) is 24.5 Å². The minimum absolute atomic E-state index is 0.0993. The highest BCUT2D eigenvalue weighted by Gasteiger charge is 2.48. The molecule has 4 aromatic carbocycles. The molecular formula is C36H38O7. The summed E-state index contributed by atoms with van der Waals surface area (Å²) < 4.78 is 31.8. The minimum Gasteiger partial charge on any atom is -0.507 e. The summed E-state index contributed by atoms with van der Waals surface area (Å²) in [6.07, 6.45) is -2.97. The number of carbonyl (C=O) groups excluding carboxylic acids is 1. The van der Waals surface area contributed by atoms with Crippen LogP contribution in [0.25, 0.3) is 0 Å². The molecule has 0 saturated carbocycles. The molecule has 1 N–H and O–H groups in total. The zero-order valence-corrected chi connectivity index (χ0v) is 24.7. The molecule has 0 bridgehead atoms. The number of benzene rings is 4. The molecule has 7 heteroatoms. The van der Waals surface area contributed by atoms with Gasteiger partial charge in [-0.2, -0.15) is 0 Å². The Balaban J connectivity index is 1.53. The minimum atomic E-state index is -0.764. The van der Waals surface area contributed by atoms with Gasteiger partial charge >= 0.3 is 0 Å². The average molecular weight is 583 g/mol. The first-order chi connectivity index (χ1) is 21.0. The molecule has 1 saturated heterocycles. The topological polar surface area (TPSA) is 83.5 Å². The lowest BCUT2D eigenvalue weighted by molar-refractivity contribution is -0.264. The van der Waals surface area contributed by atoms with Gasteiger partial charge in [0.1, 0.15) is 41.5 Å². The number of Topliss-reactive ketones (excluding diaryl/α,β-unsaturated/α-hetero) is 1. The van der Waals surface area contributed by atoms with Gasteiger partial charge in [-0.3, -0.25) is 4.79 Å². The molecule has 1 aliphatic rings. The van der Waals surface area contributed by atoms with Crippen LogP contribution in [0.15, 0.2) is 103 Å². The van der Waals surface area contributed by atoms with Crippen LogP contribution in [0.5, 0.6) is 11.5 Å². The van der Waals surface area contributed by atoms with Gasteiger partial charge in [0.05, 0.1) is 33.0 Å². The van der Waals surface area contributed by atoms with E-state index in [4.69, 9.17) is 23.7 Å². The number of phenolic OH excluding ortho intramolecular Hbond substituents is 1. The van der Waals surface area contributed by atoms with E-state index in [1.807, 2.05) is 97.9 Å². The Hall–Kier alpha value is -4.01. The maximum atomic E-state index is 12.6. The Kier molecular flexibility index (Phi) is 10.2. The quantitative estimate of drug-likeness (QED) is 0.184. The molecule has 5 rings (SSSR count). The fourth-order valence-corrected chi connectivity index (χ4v) is 5.49. The zero-order valence-electron chi connectivity index (χ0n) is 24.7. The zero-order chi connectivity index (χ0) is 30.2. The number of carbonyl (C=O) groups is 1. The second-order valence-corrected chi connectivity index (χ2v) is 10.7. The van der Waals surface area contributed by atoms with Crippen molar-refractivity contribution in [3.05, 3.63) is 131 Å². The van der Waals surface area contributed by atoms with Crippen LogP contribution in [0, 0.1) is 0 Å². The summed E-state index contributed by atoms with van der Waals surface area (Å²) in [6, 6.07) is 33.1. The van der Waals surface area contributed by atoms with Crippen LogP contribution in [-0.4, -0.2) is 42.4 Å². The summed E-state index contributed by atoms with van der Waals surface area (Å²) in [5.41, 5.74) is 3.53. The number of ketones is 1. The van der Waals surface area contributed by atoms with Gasteiger partial charge in [0.25, 0.3) is 0 Å². The summed E-state index contributed by atoms with van der Waals surface area (Å²) in [5.74, 6) is -0.217. The molecule has 5 atom stereocenters. The second-order valence-electron chi connectivity index (χ2n) is 10.7. The summed E-state index contributed by atoms with van der Waals surface area (Å²) in [4.78, 5) is 12.6. The Morgan fingerprint density at radius 2 is 1.16 bits per heavy atom. The van der Waals surface area contributed by atoms with Crippen molar-refractivity contribution < 1.29 is 33.6 Å². The maximum Gasteiger partial charge on any atom is 0.167 e. The third-order valence-electron chi connectivity index (χ3n) is 7.68. The maximum absolute atomic E-state index is 12.6. The number of hydrogen-bond acceptors (Lipinski definition) is 7. The average Bonchev–Trinajstić information content (AvgIpc) is 3.03. The van der Waals surface area contributed by atoms with Gasteiger partial charge in [-0.1, -0.05) is 91.0 Å². The summed E-state index contributed by atoms with van der Waals surface area (Å²) in [7, 11) is 1.47. The molecule has 0 spiro atoms. The molecule has 224 valence electrons. The van der Waals surface area contributed by atoms with Crippen molar-refractivity contribution in [3.63, 3.8) is 0 Å². The van der Waals surface area contributed by atoms with Crippen molar-refractivity contribution in [2.45, 2.75) is 64.2 Å². The number of rotatable bonds is 12. The Labute approximate surface area is 252 Å².